The number of benzene rings is 1. The monoisotopic (exact) mass is 377 g/mol. The van der Waals surface area contributed by atoms with E-state index < -0.39 is 17.5 Å². The van der Waals surface area contributed by atoms with Gasteiger partial charge in [0.2, 0.25) is 0 Å². The molecule has 0 saturated heterocycles. The number of hydrogen-bond donors (Lipinski definition) is 1. The van der Waals surface area contributed by atoms with Gasteiger partial charge in [0, 0.05) is 37.5 Å². The highest BCUT2D eigenvalue weighted by atomic mass is 19.2. The molecule has 0 amide bonds. The van der Waals surface area contributed by atoms with E-state index >= 15 is 0 Å². The number of aromatic nitrogens is 2. The minimum atomic E-state index is -1.17. The van der Waals surface area contributed by atoms with Crippen molar-refractivity contribution in [3.63, 3.8) is 0 Å². The number of fused-ring (bicyclic) bond motifs is 1. The van der Waals surface area contributed by atoms with Crippen molar-refractivity contribution in [1.82, 2.24) is 14.9 Å². The van der Waals surface area contributed by atoms with Crippen LogP contribution in [0, 0.1) is 17.5 Å². The summed E-state index contributed by atoms with van der Waals surface area (Å²) < 4.78 is 41.2. The predicted molar refractivity (Wildman–Crippen MR) is 94.8 cm³/mol. The quantitative estimate of drug-likeness (QED) is 0.828. The van der Waals surface area contributed by atoms with Crippen molar-refractivity contribution in [3.8, 4) is 0 Å². The van der Waals surface area contributed by atoms with E-state index in [2.05, 4.69) is 4.98 Å². The van der Waals surface area contributed by atoms with Gasteiger partial charge in [0.25, 0.3) is 5.56 Å². The molecule has 2 aliphatic rings. The van der Waals surface area contributed by atoms with Gasteiger partial charge in [0.05, 0.1) is 11.3 Å². The van der Waals surface area contributed by atoms with E-state index in [9.17, 15) is 18.0 Å². The van der Waals surface area contributed by atoms with Crippen molar-refractivity contribution in [3.05, 3.63) is 62.6 Å². The molecule has 0 spiro atoms. The molecule has 144 valence electrons. The molecule has 0 unspecified atom stereocenters. The zero-order valence-corrected chi connectivity index (χ0v) is 15.0. The molecule has 0 bridgehead atoms. The Hall–Kier alpha value is -2.15. The lowest BCUT2D eigenvalue weighted by molar-refractivity contribution is 0.233. The van der Waals surface area contributed by atoms with Gasteiger partial charge in [-0.25, -0.2) is 18.2 Å². The van der Waals surface area contributed by atoms with Crippen molar-refractivity contribution in [2.75, 3.05) is 6.54 Å². The van der Waals surface area contributed by atoms with Gasteiger partial charge < -0.3 is 4.98 Å². The number of H-pyrrole nitrogens is 1. The molecule has 1 aliphatic heterocycles. The summed E-state index contributed by atoms with van der Waals surface area (Å²) in [5.41, 5.74) is 0.834. The first-order valence-corrected chi connectivity index (χ1v) is 9.49. The van der Waals surface area contributed by atoms with Crippen molar-refractivity contribution >= 4 is 0 Å². The Morgan fingerprint density at radius 2 is 1.85 bits per heavy atom. The molecule has 1 saturated carbocycles. The van der Waals surface area contributed by atoms with E-state index in [4.69, 9.17) is 4.98 Å². The van der Waals surface area contributed by atoms with Crippen LogP contribution in [0.3, 0.4) is 0 Å². The highest BCUT2D eigenvalue weighted by Crippen LogP contribution is 2.31. The topological polar surface area (TPSA) is 49.0 Å². The number of hydrogen-bond acceptors (Lipinski definition) is 3. The Kier molecular flexibility index (Phi) is 5.04. The molecular formula is C20H22F3N3O. The zero-order chi connectivity index (χ0) is 19.0. The van der Waals surface area contributed by atoms with Gasteiger partial charge in [0.1, 0.15) is 11.6 Å². The Labute approximate surface area is 155 Å². The second-order valence-corrected chi connectivity index (χ2v) is 7.49. The Balaban J connectivity index is 1.55. The molecule has 4 nitrogen and oxygen atoms in total. The molecule has 27 heavy (non-hydrogen) atoms. The van der Waals surface area contributed by atoms with E-state index in [1.165, 1.54) is 6.42 Å². The second kappa shape index (κ2) is 7.46. The predicted octanol–water partition coefficient (Wildman–Crippen LogP) is 3.79. The molecule has 0 atom stereocenters. The fourth-order valence-electron chi connectivity index (χ4n) is 4.14. The van der Waals surface area contributed by atoms with Crippen LogP contribution in [0.1, 0.15) is 60.7 Å². The van der Waals surface area contributed by atoms with Gasteiger partial charge >= 0.3 is 0 Å². The van der Waals surface area contributed by atoms with Gasteiger partial charge in [-0.1, -0.05) is 19.3 Å². The van der Waals surface area contributed by atoms with Crippen LogP contribution in [0.25, 0.3) is 0 Å². The molecule has 1 N–H and O–H groups in total. The molecule has 1 aliphatic carbocycles. The number of aromatic amines is 1. The average Bonchev–Trinajstić information content (AvgIpc) is 2.69. The summed E-state index contributed by atoms with van der Waals surface area (Å²) >= 11 is 0. The minimum Gasteiger partial charge on any atom is -0.310 e. The third-order valence-corrected chi connectivity index (χ3v) is 5.68. The van der Waals surface area contributed by atoms with Crippen LogP contribution in [0.15, 0.2) is 16.9 Å². The maximum Gasteiger partial charge on any atom is 0.255 e. The van der Waals surface area contributed by atoms with Gasteiger partial charge in [-0.05, 0) is 25.0 Å². The molecule has 0 radical (unpaired) electrons. The second-order valence-electron chi connectivity index (χ2n) is 7.49. The summed E-state index contributed by atoms with van der Waals surface area (Å²) in [4.78, 5) is 22.0. The maximum absolute atomic E-state index is 13.9. The largest absolute Gasteiger partial charge is 0.310 e. The summed E-state index contributed by atoms with van der Waals surface area (Å²) in [6.07, 6.45) is 6.18. The maximum atomic E-state index is 13.9. The van der Waals surface area contributed by atoms with E-state index in [0.29, 0.717) is 24.4 Å². The summed E-state index contributed by atoms with van der Waals surface area (Å²) in [5, 5.41) is 0. The molecule has 1 aromatic heterocycles. The third-order valence-electron chi connectivity index (χ3n) is 5.68. The number of halogens is 3. The SMILES string of the molecule is O=c1[nH]c(C2CCCCC2)nc2c1CN(Cc1c(F)ccc(F)c1F)CC2. The van der Waals surface area contributed by atoms with Crippen LogP contribution < -0.4 is 5.56 Å². The van der Waals surface area contributed by atoms with Gasteiger partial charge in [-0.3, -0.25) is 9.69 Å². The molecular weight excluding hydrogens is 355 g/mol. The number of nitrogens with zero attached hydrogens (tertiary/aromatic N) is 2. The van der Waals surface area contributed by atoms with E-state index in [1.54, 1.807) is 4.90 Å². The summed E-state index contributed by atoms with van der Waals surface area (Å²) in [6.45, 7) is 0.680. The highest BCUT2D eigenvalue weighted by molar-refractivity contribution is 5.24. The van der Waals surface area contributed by atoms with Crippen molar-refractivity contribution in [1.29, 1.82) is 0 Å². The van der Waals surface area contributed by atoms with Crippen molar-refractivity contribution in [2.24, 2.45) is 0 Å². The average molecular weight is 377 g/mol. The number of nitrogens with one attached hydrogen (secondary N) is 1. The minimum absolute atomic E-state index is 0.0846. The molecule has 4 rings (SSSR count). The van der Waals surface area contributed by atoms with Crippen LogP contribution in [0.5, 0.6) is 0 Å². The smallest absolute Gasteiger partial charge is 0.255 e. The first-order valence-electron chi connectivity index (χ1n) is 9.49. The summed E-state index contributed by atoms with van der Waals surface area (Å²) in [7, 11) is 0. The fraction of sp³-hybridized carbons (Fsp3) is 0.500. The molecule has 2 heterocycles. The van der Waals surface area contributed by atoms with Gasteiger partial charge in [-0.2, -0.15) is 0 Å². The molecule has 1 aromatic carbocycles. The van der Waals surface area contributed by atoms with Crippen LogP contribution >= 0.6 is 0 Å². The van der Waals surface area contributed by atoms with Gasteiger partial charge in [-0.15, -0.1) is 0 Å². The van der Waals surface area contributed by atoms with E-state index in [-0.39, 0.29) is 24.2 Å². The Morgan fingerprint density at radius 1 is 1.11 bits per heavy atom. The molecule has 1 fully saturated rings. The van der Waals surface area contributed by atoms with E-state index in [1.807, 2.05) is 0 Å². The lowest BCUT2D eigenvalue weighted by Gasteiger charge is -2.29. The van der Waals surface area contributed by atoms with Crippen molar-refractivity contribution < 1.29 is 13.2 Å². The normalized spacial score (nSPS) is 18.5. The lowest BCUT2D eigenvalue weighted by atomic mass is 9.88. The lowest BCUT2D eigenvalue weighted by Crippen LogP contribution is -2.36. The zero-order valence-electron chi connectivity index (χ0n) is 15.0. The summed E-state index contributed by atoms with van der Waals surface area (Å²) in [5.74, 6) is -1.93. The van der Waals surface area contributed by atoms with Crippen LogP contribution in [0.2, 0.25) is 0 Å². The highest BCUT2D eigenvalue weighted by Gasteiger charge is 2.26. The standard InChI is InChI=1S/C20H22F3N3O/c21-15-6-7-16(22)18(23)13(15)10-26-9-8-17-14(11-26)20(27)25-19(24-17)12-4-2-1-3-5-12/h6-7,12H,1-5,8-11H2,(H,24,25,27). The van der Waals surface area contributed by atoms with E-state index in [0.717, 1.165) is 49.3 Å². The summed E-state index contributed by atoms with van der Waals surface area (Å²) in [6, 6.07) is 1.71. The fourth-order valence-corrected chi connectivity index (χ4v) is 4.14. The first kappa shape index (κ1) is 18.2. The number of rotatable bonds is 3. The Bertz CT molecular complexity index is 906. The van der Waals surface area contributed by atoms with Crippen molar-refractivity contribution in [2.45, 2.75) is 57.5 Å². The van der Waals surface area contributed by atoms with Crippen LogP contribution in [0.4, 0.5) is 13.2 Å². The first-order chi connectivity index (χ1) is 13.0. The van der Waals surface area contributed by atoms with Crippen LogP contribution in [-0.2, 0) is 19.5 Å². The molecule has 2 aromatic rings. The third kappa shape index (κ3) is 3.65. The molecule has 7 heteroatoms. The Morgan fingerprint density at radius 3 is 2.63 bits per heavy atom. The van der Waals surface area contributed by atoms with Crippen LogP contribution in [-0.4, -0.2) is 21.4 Å². The van der Waals surface area contributed by atoms with Gasteiger partial charge in [0.15, 0.2) is 11.6 Å².